The van der Waals surface area contributed by atoms with Crippen LogP contribution in [0.3, 0.4) is 0 Å². The van der Waals surface area contributed by atoms with Gasteiger partial charge in [-0.3, -0.25) is 4.79 Å². The second kappa shape index (κ2) is 7.63. The number of hydrogen-bond donors (Lipinski definition) is 0. The Morgan fingerprint density at radius 1 is 1.07 bits per heavy atom. The number of amides is 1. The molecule has 1 saturated carbocycles. The maximum atomic E-state index is 12.8. The lowest BCUT2D eigenvalue weighted by Gasteiger charge is -2.23. The second-order valence-electron chi connectivity index (χ2n) is 7.82. The Kier molecular flexibility index (Phi) is 4.83. The fraction of sp³-hybridized carbons (Fsp3) is 0.429. The summed E-state index contributed by atoms with van der Waals surface area (Å²) in [6.45, 7) is 3.09. The van der Waals surface area contributed by atoms with Crippen molar-refractivity contribution in [2.75, 3.05) is 31.1 Å². The Labute approximate surface area is 174 Å². The second-order valence-corrected chi connectivity index (χ2v) is 8.26. The normalized spacial score (nSPS) is 17.6. The zero-order valence-corrected chi connectivity index (χ0v) is 16.9. The van der Waals surface area contributed by atoms with Crippen molar-refractivity contribution in [1.82, 2.24) is 24.7 Å². The number of halogens is 1. The number of fused-ring (bicyclic) bond motifs is 1. The first-order chi connectivity index (χ1) is 14.2. The molecule has 1 aliphatic carbocycles. The Morgan fingerprint density at radius 3 is 2.79 bits per heavy atom. The molecule has 7 nitrogen and oxygen atoms in total. The molecule has 3 heterocycles. The van der Waals surface area contributed by atoms with Crippen molar-refractivity contribution in [2.24, 2.45) is 0 Å². The van der Waals surface area contributed by atoms with Crippen LogP contribution in [0.25, 0.3) is 5.65 Å². The molecule has 1 saturated heterocycles. The third-order valence-corrected chi connectivity index (χ3v) is 5.87. The first-order valence-electron chi connectivity index (χ1n) is 10.2. The van der Waals surface area contributed by atoms with Gasteiger partial charge in [-0.1, -0.05) is 23.7 Å². The van der Waals surface area contributed by atoms with Gasteiger partial charge in [-0.15, -0.1) is 15.3 Å². The molecule has 5 rings (SSSR count). The molecular formula is C21H23ClN6O. The van der Waals surface area contributed by atoms with Crippen LogP contribution in [0.15, 0.2) is 36.4 Å². The highest BCUT2D eigenvalue weighted by Gasteiger charge is 2.29. The first kappa shape index (κ1) is 18.4. The summed E-state index contributed by atoms with van der Waals surface area (Å²) in [5.41, 5.74) is 1.75. The van der Waals surface area contributed by atoms with Crippen LogP contribution < -0.4 is 4.90 Å². The van der Waals surface area contributed by atoms with Crippen molar-refractivity contribution in [3.63, 3.8) is 0 Å². The Hall–Kier alpha value is -2.67. The fourth-order valence-electron chi connectivity index (χ4n) is 3.89. The minimum Gasteiger partial charge on any atom is -0.353 e. The van der Waals surface area contributed by atoms with E-state index in [-0.39, 0.29) is 5.91 Å². The molecular weight excluding hydrogens is 388 g/mol. The standard InChI is InChI=1S/C21H23ClN6O/c22-17-4-1-3-15(13-17)14-20(29)27-10-2-9-26(11-12-27)19-8-7-18-23-24-21(16-5-6-16)28(18)25-19/h1,3-4,7-8,13,16H,2,5-6,9-12,14H2. The molecule has 0 radical (unpaired) electrons. The van der Waals surface area contributed by atoms with Crippen molar-refractivity contribution in [2.45, 2.75) is 31.6 Å². The van der Waals surface area contributed by atoms with Gasteiger partial charge < -0.3 is 9.80 Å². The molecule has 0 unspecified atom stereocenters. The van der Waals surface area contributed by atoms with Gasteiger partial charge in [0.05, 0.1) is 6.42 Å². The monoisotopic (exact) mass is 410 g/mol. The van der Waals surface area contributed by atoms with Crippen molar-refractivity contribution < 1.29 is 4.79 Å². The van der Waals surface area contributed by atoms with Crippen LogP contribution in [0, 0.1) is 0 Å². The molecule has 2 aromatic heterocycles. The van der Waals surface area contributed by atoms with E-state index in [9.17, 15) is 4.79 Å². The van der Waals surface area contributed by atoms with E-state index in [1.165, 1.54) is 12.8 Å². The zero-order chi connectivity index (χ0) is 19.8. The largest absolute Gasteiger partial charge is 0.353 e. The minimum atomic E-state index is 0.146. The van der Waals surface area contributed by atoms with E-state index in [2.05, 4.69) is 15.1 Å². The van der Waals surface area contributed by atoms with Gasteiger partial charge >= 0.3 is 0 Å². The molecule has 1 aromatic carbocycles. The van der Waals surface area contributed by atoms with E-state index >= 15 is 0 Å². The van der Waals surface area contributed by atoms with Gasteiger partial charge in [0.25, 0.3) is 0 Å². The average Bonchev–Trinajstić information content (AvgIpc) is 3.51. The van der Waals surface area contributed by atoms with Gasteiger partial charge in [0.15, 0.2) is 11.5 Å². The molecule has 0 spiro atoms. The molecule has 1 amide bonds. The number of benzene rings is 1. The highest BCUT2D eigenvalue weighted by atomic mass is 35.5. The molecule has 150 valence electrons. The van der Waals surface area contributed by atoms with E-state index in [1.54, 1.807) is 0 Å². The molecule has 2 fully saturated rings. The summed E-state index contributed by atoms with van der Waals surface area (Å²) in [4.78, 5) is 17.0. The predicted molar refractivity (Wildman–Crippen MR) is 111 cm³/mol. The minimum absolute atomic E-state index is 0.146. The van der Waals surface area contributed by atoms with E-state index in [0.717, 1.165) is 48.9 Å². The fourth-order valence-corrected chi connectivity index (χ4v) is 4.10. The molecule has 0 atom stereocenters. The van der Waals surface area contributed by atoms with E-state index in [0.29, 0.717) is 23.9 Å². The number of hydrogen-bond acceptors (Lipinski definition) is 5. The lowest BCUT2D eigenvalue weighted by molar-refractivity contribution is -0.130. The summed E-state index contributed by atoms with van der Waals surface area (Å²) >= 11 is 6.05. The van der Waals surface area contributed by atoms with Crippen LogP contribution in [-0.2, 0) is 11.2 Å². The number of nitrogens with zero attached hydrogens (tertiary/aromatic N) is 6. The number of rotatable bonds is 4. The summed E-state index contributed by atoms with van der Waals surface area (Å²) in [6, 6.07) is 11.5. The molecule has 3 aromatic rings. The molecule has 29 heavy (non-hydrogen) atoms. The lowest BCUT2D eigenvalue weighted by Crippen LogP contribution is -2.36. The van der Waals surface area contributed by atoms with Crippen molar-refractivity contribution in [3.05, 3.63) is 52.8 Å². The molecule has 8 heteroatoms. The van der Waals surface area contributed by atoms with E-state index in [1.807, 2.05) is 45.8 Å². The summed E-state index contributed by atoms with van der Waals surface area (Å²) < 4.78 is 1.89. The van der Waals surface area contributed by atoms with Crippen LogP contribution in [0.1, 0.15) is 36.6 Å². The Bertz CT molecular complexity index is 1050. The Balaban J connectivity index is 1.28. The van der Waals surface area contributed by atoms with Crippen LogP contribution in [-0.4, -0.2) is 56.8 Å². The maximum absolute atomic E-state index is 12.8. The zero-order valence-electron chi connectivity index (χ0n) is 16.2. The van der Waals surface area contributed by atoms with Crippen LogP contribution in [0.2, 0.25) is 5.02 Å². The summed E-state index contributed by atoms with van der Waals surface area (Å²) in [6.07, 6.45) is 3.63. The molecule has 0 bridgehead atoms. The number of anilines is 1. The molecule has 0 N–H and O–H groups in total. The van der Waals surface area contributed by atoms with Crippen molar-refractivity contribution >= 4 is 29.0 Å². The van der Waals surface area contributed by atoms with E-state index in [4.69, 9.17) is 16.7 Å². The first-order valence-corrected chi connectivity index (χ1v) is 10.5. The van der Waals surface area contributed by atoms with Gasteiger partial charge in [-0.05, 0) is 49.1 Å². The highest BCUT2D eigenvalue weighted by molar-refractivity contribution is 6.30. The number of carbonyl (C=O) groups excluding carboxylic acids is 1. The maximum Gasteiger partial charge on any atom is 0.227 e. The van der Waals surface area contributed by atoms with Crippen LogP contribution in [0.5, 0.6) is 0 Å². The quantitative estimate of drug-likeness (QED) is 0.661. The van der Waals surface area contributed by atoms with Gasteiger partial charge in [0.2, 0.25) is 5.91 Å². The summed E-state index contributed by atoms with van der Waals surface area (Å²) in [7, 11) is 0. The van der Waals surface area contributed by atoms with Crippen LogP contribution in [0.4, 0.5) is 5.82 Å². The SMILES string of the molecule is O=C(Cc1cccc(Cl)c1)N1CCCN(c2ccc3nnc(C4CC4)n3n2)CC1. The lowest BCUT2D eigenvalue weighted by atomic mass is 10.1. The topological polar surface area (TPSA) is 66.6 Å². The Morgan fingerprint density at radius 2 is 1.97 bits per heavy atom. The van der Waals surface area contributed by atoms with Gasteiger partial charge in [0.1, 0.15) is 5.82 Å². The predicted octanol–water partition coefficient (Wildman–Crippen LogP) is 2.94. The van der Waals surface area contributed by atoms with Crippen molar-refractivity contribution in [1.29, 1.82) is 0 Å². The third kappa shape index (κ3) is 3.92. The van der Waals surface area contributed by atoms with Crippen LogP contribution >= 0.6 is 11.6 Å². The van der Waals surface area contributed by atoms with Gasteiger partial charge in [-0.25, -0.2) is 0 Å². The average molecular weight is 411 g/mol. The smallest absolute Gasteiger partial charge is 0.227 e. The summed E-state index contributed by atoms with van der Waals surface area (Å²) in [5, 5.41) is 14.0. The summed E-state index contributed by atoms with van der Waals surface area (Å²) in [5.74, 6) is 2.53. The third-order valence-electron chi connectivity index (χ3n) is 5.63. The molecule has 1 aliphatic heterocycles. The number of aromatic nitrogens is 4. The number of carbonyl (C=O) groups is 1. The van der Waals surface area contributed by atoms with Crippen molar-refractivity contribution in [3.8, 4) is 0 Å². The molecule has 2 aliphatic rings. The van der Waals surface area contributed by atoms with Gasteiger partial charge in [0, 0.05) is 37.1 Å². The van der Waals surface area contributed by atoms with E-state index < -0.39 is 0 Å². The van der Waals surface area contributed by atoms with Gasteiger partial charge in [-0.2, -0.15) is 4.52 Å². The highest BCUT2D eigenvalue weighted by Crippen LogP contribution is 2.38.